The van der Waals surface area contributed by atoms with Gasteiger partial charge in [-0.2, -0.15) is 0 Å². The van der Waals surface area contributed by atoms with Crippen molar-refractivity contribution in [2.24, 2.45) is 0 Å². The molecule has 3 heterocycles. The lowest BCUT2D eigenvalue weighted by Gasteiger charge is -2.10. The van der Waals surface area contributed by atoms with E-state index in [1.165, 1.54) is 23.9 Å². The number of hydrogen-bond donors (Lipinski definition) is 0. The SMILES string of the molecule is CCOc1ccc(-c2nc(CSc3nnc(-c4ccncc4)n3-c3ccc(F)cc3)cs2)cc1. The fraction of sp³-hybridized carbons (Fsp3) is 0.120. The number of benzene rings is 2. The third-order valence-electron chi connectivity index (χ3n) is 4.97. The van der Waals surface area contributed by atoms with Crippen LogP contribution in [0.15, 0.2) is 83.6 Å². The average Bonchev–Trinajstić information content (AvgIpc) is 3.52. The van der Waals surface area contributed by atoms with Crippen LogP contribution in [0.2, 0.25) is 0 Å². The van der Waals surface area contributed by atoms with E-state index in [1.807, 2.05) is 47.9 Å². The van der Waals surface area contributed by atoms with E-state index in [0.717, 1.165) is 33.3 Å². The summed E-state index contributed by atoms with van der Waals surface area (Å²) in [5, 5.41) is 12.6. The first-order valence-electron chi connectivity index (χ1n) is 10.6. The lowest BCUT2D eigenvalue weighted by molar-refractivity contribution is 0.340. The molecule has 3 aromatic heterocycles. The summed E-state index contributed by atoms with van der Waals surface area (Å²) in [4.78, 5) is 8.87. The molecule has 5 aromatic rings. The highest BCUT2D eigenvalue weighted by molar-refractivity contribution is 7.98. The maximum Gasteiger partial charge on any atom is 0.196 e. The zero-order valence-corrected chi connectivity index (χ0v) is 19.9. The molecule has 0 atom stereocenters. The molecule has 2 aromatic carbocycles. The number of ether oxygens (including phenoxy) is 1. The Morgan fingerprint density at radius 3 is 2.44 bits per heavy atom. The van der Waals surface area contributed by atoms with Gasteiger partial charge in [-0.05, 0) is 67.6 Å². The molecular weight excluding hydrogens is 469 g/mol. The van der Waals surface area contributed by atoms with E-state index in [9.17, 15) is 4.39 Å². The number of thioether (sulfide) groups is 1. The van der Waals surface area contributed by atoms with Gasteiger partial charge < -0.3 is 4.74 Å². The van der Waals surface area contributed by atoms with Crippen molar-refractivity contribution in [2.45, 2.75) is 17.8 Å². The summed E-state index contributed by atoms with van der Waals surface area (Å²) < 4.78 is 21.0. The molecule has 0 aliphatic carbocycles. The molecule has 0 saturated carbocycles. The van der Waals surface area contributed by atoms with Gasteiger partial charge in [0.15, 0.2) is 11.0 Å². The molecule has 0 fully saturated rings. The monoisotopic (exact) mass is 489 g/mol. The minimum Gasteiger partial charge on any atom is -0.494 e. The molecule has 0 aliphatic heterocycles. The highest BCUT2D eigenvalue weighted by atomic mass is 32.2. The number of halogens is 1. The number of aromatic nitrogens is 5. The van der Waals surface area contributed by atoms with Crippen molar-refractivity contribution < 1.29 is 9.13 Å². The lowest BCUT2D eigenvalue weighted by atomic mass is 10.2. The first-order chi connectivity index (χ1) is 16.7. The van der Waals surface area contributed by atoms with Crippen LogP contribution in [-0.2, 0) is 5.75 Å². The van der Waals surface area contributed by atoms with Crippen molar-refractivity contribution in [1.82, 2.24) is 24.7 Å². The Morgan fingerprint density at radius 2 is 1.71 bits per heavy atom. The van der Waals surface area contributed by atoms with Gasteiger partial charge in [-0.25, -0.2) is 9.37 Å². The normalized spacial score (nSPS) is 11.0. The standard InChI is InChI=1S/C25H20FN5OS2/c1-2-32-22-9-3-18(4-10-22)24-28-20(15-33-24)16-34-25-30-29-23(17-11-13-27-14-12-17)31(25)21-7-5-19(26)6-8-21/h3-15H,2,16H2,1H3. The van der Waals surface area contributed by atoms with Crippen molar-refractivity contribution >= 4 is 23.1 Å². The Bertz CT molecular complexity index is 1370. The smallest absolute Gasteiger partial charge is 0.196 e. The Morgan fingerprint density at radius 1 is 0.941 bits per heavy atom. The third kappa shape index (κ3) is 4.85. The molecule has 170 valence electrons. The summed E-state index contributed by atoms with van der Waals surface area (Å²) >= 11 is 3.14. The minimum absolute atomic E-state index is 0.291. The van der Waals surface area contributed by atoms with Crippen LogP contribution >= 0.6 is 23.1 Å². The van der Waals surface area contributed by atoms with Crippen LogP contribution in [0.3, 0.4) is 0 Å². The second kappa shape index (κ2) is 10.1. The number of rotatable bonds is 8. The molecule has 34 heavy (non-hydrogen) atoms. The largest absolute Gasteiger partial charge is 0.494 e. The average molecular weight is 490 g/mol. The molecule has 0 N–H and O–H groups in total. The Hall–Kier alpha value is -3.56. The van der Waals surface area contributed by atoms with Gasteiger partial charge in [-0.3, -0.25) is 9.55 Å². The fourth-order valence-electron chi connectivity index (χ4n) is 3.38. The van der Waals surface area contributed by atoms with E-state index in [4.69, 9.17) is 9.72 Å². The number of thiazole rings is 1. The molecule has 0 amide bonds. The maximum absolute atomic E-state index is 13.6. The van der Waals surface area contributed by atoms with Gasteiger partial charge in [-0.1, -0.05) is 11.8 Å². The van der Waals surface area contributed by atoms with Crippen LogP contribution in [0.4, 0.5) is 4.39 Å². The van der Waals surface area contributed by atoms with Crippen molar-refractivity contribution in [1.29, 1.82) is 0 Å². The van der Waals surface area contributed by atoms with Gasteiger partial charge in [0.05, 0.1) is 12.3 Å². The zero-order valence-electron chi connectivity index (χ0n) is 18.3. The van der Waals surface area contributed by atoms with E-state index in [0.29, 0.717) is 23.3 Å². The first kappa shape index (κ1) is 22.2. The maximum atomic E-state index is 13.6. The third-order valence-corrected chi connectivity index (χ3v) is 6.87. The second-order valence-electron chi connectivity index (χ2n) is 7.24. The van der Waals surface area contributed by atoms with Crippen LogP contribution in [-0.4, -0.2) is 31.3 Å². The van der Waals surface area contributed by atoms with Crippen LogP contribution < -0.4 is 4.74 Å². The van der Waals surface area contributed by atoms with Crippen molar-refractivity contribution in [3.63, 3.8) is 0 Å². The van der Waals surface area contributed by atoms with Crippen molar-refractivity contribution in [3.8, 4) is 33.4 Å². The predicted octanol–water partition coefficient (Wildman–Crippen LogP) is 6.28. The van der Waals surface area contributed by atoms with Gasteiger partial charge in [0.2, 0.25) is 0 Å². The summed E-state index contributed by atoms with van der Waals surface area (Å²) in [6, 6.07) is 18.0. The quantitative estimate of drug-likeness (QED) is 0.239. The van der Waals surface area contributed by atoms with Crippen molar-refractivity contribution in [2.75, 3.05) is 6.61 Å². The van der Waals surface area contributed by atoms with Crippen LogP contribution in [0, 0.1) is 5.82 Å². The minimum atomic E-state index is -0.291. The van der Waals surface area contributed by atoms with E-state index >= 15 is 0 Å². The molecule has 5 rings (SSSR count). The van der Waals surface area contributed by atoms with Gasteiger partial charge >= 0.3 is 0 Å². The molecule has 0 saturated heterocycles. The highest BCUT2D eigenvalue weighted by Crippen LogP contribution is 2.32. The molecule has 9 heteroatoms. The summed E-state index contributed by atoms with van der Waals surface area (Å²) in [6.07, 6.45) is 3.42. The molecule has 6 nitrogen and oxygen atoms in total. The van der Waals surface area contributed by atoms with E-state index in [-0.39, 0.29) is 5.82 Å². The summed E-state index contributed by atoms with van der Waals surface area (Å²) in [5.41, 5.74) is 3.68. The summed E-state index contributed by atoms with van der Waals surface area (Å²) in [7, 11) is 0. The van der Waals surface area contributed by atoms with Gasteiger partial charge in [0.25, 0.3) is 0 Å². The number of pyridine rings is 1. The molecule has 0 spiro atoms. The molecule has 0 unspecified atom stereocenters. The van der Waals surface area contributed by atoms with Gasteiger partial charge in [0.1, 0.15) is 16.6 Å². The molecule has 0 radical (unpaired) electrons. The number of hydrogen-bond acceptors (Lipinski definition) is 7. The predicted molar refractivity (Wildman–Crippen MR) is 133 cm³/mol. The second-order valence-corrected chi connectivity index (χ2v) is 9.04. The molecule has 0 bridgehead atoms. The topological polar surface area (TPSA) is 65.7 Å². The lowest BCUT2D eigenvalue weighted by Crippen LogP contribution is -2.00. The highest BCUT2D eigenvalue weighted by Gasteiger charge is 2.17. The number of nitrogens with zero attached hydrogens (tertiary/aromatic N) is 5. The van der Waals surface area contributed by atoms with E-state index in [2.05, 4.69) is 20.6 Å². The Labute approximate surface area is 204 Å². The van der Waals surface area contributed by atoms with Gasteiger partial charge in [0, 0.05) is 40.3 Å². The van der Waals surface area contributed by atoms with Crippen LogP contribution in [0.1, 0.15) is 12.6 Å². The van der Waals surface area contributed by atoms with E-state index in [1.54, 1.807) is 35.9 Å². The van der Waals surface area contributed by atoms with Crippen LogP contribution in [0.25, 0.3) is 27.6 Å². The van der Waals surface area contributed by atoms with E-state index < -0.39 is 0 Å². The Balaban J connectivity index is 1.39. The summed E-state index contributed by atoms with van der Waals surface area (Å²) in [5.74, 6) is 1.86. The van der Waals surface area contributed by atoms with Crippen LogP contribution in [0.5, 0.6) is 5.75 Å². The van der Waals surface area contributed by atoms with Crippen molar-refractivity contribution in [3.05, 3.63) is 89.9 Å². The van der Waals surface area contributed by atoms with Gasteiger partial charge in [-0.15, -0.1) is 21.5 Å². The molecular formula is C25H20FN5OS2. The molecule has 0 aliphatic rings. The Kier molecular flexibility index (Phi) is 6.64. The summed E-state index contributed by atoms with van der Waals surface area (Å²) in [6.45, 7) is 2.61. The fourth-order valence-corrected chi connectivity index (χ4v) is 5.15. The zero-order chi connectivity index (χ0) is 23.3. The first-order valence-corrected chi connectivity index (χ1v) is 12.5.